The van der Waals surface area contributed by atoms with Gasteiger partial charge in [0.1, 0.15) is 6.33 Å². The van der Waals surface area contributed by atoms with Gasteiger partial charge in [0, 0.05) is 32.1 Å². The summed E-state index contributed by atoms with van der Waals surface area (Å²) in [6.07, 6.45) is 8.52. The maximum atomic E-state index is 9.05. The van der Waals surface area contributed by atoms with Gasteiger partial charge in [-0.05, 0) is 25.2 Å². The summed E-state index contributed by atoms with van der Waals surface area (Å²) < 4.78 is 1.89. The number of aliphatic hydroxyl groups is 1. The summed E-state index contributed by atoms with van der Waals surface area (Å²) in [4.78, 5) is 6.70. The summed E-state index contributed by atoms with van der Waals surface area (Å²) in [7, 11) is 0. The molecule has 18 heavy (non-hydrogen) atoms. The van der Waals surface area contributed by atoms with Gasteiger partial charge in [-0.15, -0.1) is 10.2 Å². The third-order valence-corrected chi connectivity index (χ3v) is 3.55. The van der Waals surface area contributed by atoms with Crippen LogP contribution in [0, 0.1) is 5.92 Å². The summed E-state index contributed by atoms with van der Waals surface area (Å²) in [5.74, 6) is 1.45. The van der Waals surface area contributed by atoms with E-state index in [0.29, 0.717) is 5.92 Å². The number of hydrogen-bond donors (Lipinski definition) is 1. The van der Waals surface area contributed by atoms with Crippen molar-refractivity contribution in [3.05, 3.63) is 18.7 Å². The van der Waals surface area contributed by atoms with E-state index in [9.17, 15) is 0 Å². The van der Waals surface area contributed by atoms with Gasteiger partial charge in [0.25, 0.3) is 0 Å². The Labute approximate surface area is 105 Å². The van der Waals surface area contributed by atoms with Crippen molar-refractivity contribution in [3.8, 4) is 0 Å². The number of anilines is 1. The summed E-state index contributed by atoms with van der Waals surface area (Å²) in [5, 5.41) is 17.1. The molecule has 0 saturated carbocycles. The molecule has 6 heteroatoms. The van der Waals surface area contributed by atoms with Gasteiger partial charge in [0.2, 0.25) is 5.65 Å². The minimum absolute atomic E-state index is 0.265. The first-order valence-electron chi connectivity index (χ1n) is 6.38. The number of rotatable bonds is 3. The third-order valence-electron chi connectivity index (χ3n) is 3.55. The van der Waals surface area contributed by atoms with Crippen LogP contribution in [-0.4, -0.2) is 44.4 Å². The standard InChI is InChI=1S/C12H17N5O/c18-7-3-10-2-1-5-16(8-10)11-12-15-14-9-17(12)6-4-13-11/h4,6,9-10,18H,1-3,5,7-8H2. The zero-order chi connectivity index (χ0) is 12.4. The van der Waals surface area contributed by atoms with E-state index in [1.54, 1.807) is 12.5 Å². The van der Waals surface area contributed by atoms with E-state index in [1.807, 2.05) is 10.6 Å². The van der Waals surface area contributed by atoms with Crippen molar-refractivity contribution >= 4 is 11.5 Å². The predicted octanol–water partition coefficient (Wildman–Crippen LogP) is 0.723. The van der Waals surface area contributed by atoms with Crippen LogP contribution < -0.4 is 4.90 Å². The zero-order valence-electron chi connectivity index (χ0n) is 10.2. The molecule has 0 aliphatic carbocycles. The Balaban J connectivity index is 1.87. The fourth-order valence-corrected chi connectivity index (χ4v) is 2.64. The number of piperidine rings is 1. The number of hydrogen-bond acceptors (Lipinski definition) is 5. The molecule has 3 heterocycles. The minimum Gasteiger partial charge on any atom is -0.396 e. The lowest BCUT2D eigenvalue weighted by Crippen LogP contribution is -2.36. The number of fused-ring (bicyclic) bond motifs is 1. The Hall–Kier alpha value is -1.69. The third kappa shape index (κ3) is 2.03. The lowest BCUT2D eigenvalue weighted by molar-refractivity contribution is 0.244. The number of aromatic nitrogens is 4. The van der Waals surface area contributed by atoms with E-state index < -0.39 is 0 Å². The molecular weight excluding hydrogens is 230 g/mol. The SMILES string of the molecule is OCCC1CCCN(c2nccn3cnnc23)C1. The molecule has 0 bridgehead atoms. The van der Waals surface area contributed by atoms with Crippen molar-refractivity contribution in [3.63, 3.8) is 0 Å². The molecule has 0 amide bonds. The van der Waals surface area contributed by atoms with E-state index in [4.69, 9.17) is 5.11 Å². The highest BCUT2D eigenvalue weighted by Gasteiger charge is 2.22. The second-order valence-corrected chi connectivity index (χ2v) is 4.78. The molecule has 1 saturated heterocycles. The van der Waals surface area contributed by atoms with Gasteiger partial charge in [-0.25, -0.2) is 4.98 Å². The topological polar surface area (TPSA) is 66.5 Å². The summed E-state index contributed by atoms with van der Waals surface area (Å²) in [6, 6.07) is 0. The molecule has 6 nitrogen and oxygen atoms in total. The molecule has 1 aliphatic rings. The Morgan fingerprint density at radius 2 is 2.39 bits per heavy atom. The monoisotopic (exact) mass is 247 g/mol. The van der Waals surface area contributed by atoms with Crippen LogP contribution in [0.4, 0.5) is 5.82 Å². The first-order chi connectivity index (χ1) is 8.88. The van der Waals surface area contributed by atoms with E-state index in [0.717, 1.165) is 37.4 Å². The van der Waals surface area contributed by atoms with Crippen LogP contribution in [0.25, 0.3) is 5.65 Å². The largest absolute Gasteiger partial charge is 0.396 e. The van der Waals surface area contributed by atoms with Crippen LogP contribution in [0.1, 0.15) is 19.3 Å². The van der Waals surface area contributed by atoms with E-state index in [1.165, 1.54) is 6.42 Å². The predicted molar refractivity (Wildman–Crippen MR) is 67.4 cm³/mol. The Morgan fingerprint density at radius 3 is 3.28 bits per heavy atom. The molecular formula is C12H17N5O. The average Bonchev–Trinajstić information content (AvgIpc) is 2.87. The fourth-order valence-electron chi connectivity index (χ4n) is 2.64. The highest BCUT2D eigenvalue weighted by atomic mass is 16.3. The summed E-state index contributed by atoms with van der Waals surface area (Å²) in [6.45, 7) is 2.21. The molecule has 0 spiro atoms. The molecule has 1 aliphatic heterocycles. The number of nitrogens with zero attached hydrogens (tertiary/aromatic N) is 5. The van der Waals surface area contributed by atoms with Gasteiger partial charge in [0.15, 0.2) is 5.82 Å². The Morgan fingerprint density at radius 1 is 1.44 bits per heavy atom. The second-order valence-electron chi connectivity index (χ2n) is 4.78. The maximum Gasteiger partial charge on any atom is 0.203 e. The minimum atomic E-state index is 0.265. The summed E-state index contributed by atoms with van der Waals surface area (Å²) in [5.41, 5.74) is 0.808. The van der Waals surface area contributed by atoms with Gasteiger partial charge < -0.3 is 10.0 Å². The van der Waals surface area contributed by atoms with Crippen LogP contribution in [0.2, 0.25) is 0 Å². The first kappa shape index (κ1) is 11.4. The highest BCUT2D eigenvalue weighted by Crippen LogP contribution is 2.25. The van der Waals surface area contributed by atoms with Gasteiger partial charge in [-0.2, -0.15) is 0 Å². The Bertz CT molecular complexity index is 524. The highest BCUT2D eigenvalue weighted by molar-refractivity contribution is 5.63. The smallest absolute Gasteiger partial charge is 0.203 e. The van der Waals surface area contributed by atoms with Crippen molar-refractivity contribution < 1.29 is 5.11 Å². The van der Waals surface area contributed by atoms with Gasteiger partial charge in [-0.3, -0.25) is 4.40 Å². The molecule has 1 atom stereocenters. The number of aliphatic hydroxyl groups excluding tert-OH is 1. The van der Waals surface area contributed by atoms with Crippen molar-refractivity contribution in [1.82, 2.24) is 19.6 Å². The van der Waals surface area contributed by atoms with Gasteiger partial charge >= 0.3 is 0 Å². The normalized spacial score (nSPS) is 20.5. The van der Waals surface area contributed by atoms with Crippen LogP contribution in [0.3, 0.4) is 0 Å². The molecule has 2 aromatic rings. The summed E-state index contributed by atoms with van der Waals surface area (Å²) >= 11 is 0. The van der Waals surface area contributed by atoms with E-state index >= 15 is 0 Å². The molecule has 0 aromatic carbocycles. The van der Waals surface area contributed by atoms with Gasteiger partial charge in [-0.1, -0.05) is 0 Å². The van der Waals surface area contributed by atoms with Gasteiger partial charge in [0.05, 0.1) is 0 Å². The van der Waals surface area contributed by atoms with E-state index in [2.05, 4.69) is 20.1 Å². The molecule has 3 rings (SSSR count). The lowest BCUT2D eigenvalue weighted by Gasteiger charge is -2.33. The fraction of sp³-hybridized carbons (Fsp3) is 0.583. The van der Waals surface area contributed by atoms with Crippen LogP contribution in [-0.2, 0) is 0 Å². The second kappa shape index (κ2) is 4.89. The average molecular weight is 247 g/mol. The lowest BCUT2D eigenvalue weighted by atomic mass is 9.95. The first-order valence-corrected chi connectivity index (χ1v) is 6.38. The zero-order valence-corrected chi connectivity index (χ0v) is 10.2. The Kier molecular flexibility index (Phi) is 3.10. The van der Waals surface area contributed by atoms with Crippen LogP contribution in [0.15, 0.2) is 18.7 Å². The molecule has 1 N–H and O–H groups in total. The molecule has 1 fully saturated rings. The van der Waals surface area contributed by atoms with Crippen LogP contribution >= 0.6 is 0 Å². The quantitative estimate of drug-likeness (QED) is 0.865. The molecule has 0 radical (unpaired) electrons. The maximum absolute atomic E-state index is 9.05. The van der Waals surface area contributed by atoms with Crippen molar-refractivity contribution in [2.75, 3.05) is 24.6 Å². The van der Waals surface area contributed by atoms with Crippen LogP contribution in [0.5, 0.6) is 0 Å². The molecule has 2 aromatic heterocycles. The van der Waals surface area contributed by atoms with Crippen molar-refractivity contribution in [2.45, 2.75) is 19.3 Å². The van der Waals surface area contributed by atoms with Crippen molar-refractivity contribution in [2.24, 2.45) is 5.92 Å². The molecule has 96 valence electrons. The van der Waals surface area contributed by atoms with Crippen molar-refractivity contribution in [1.29, 1.82) is 0 Å². The van der Waals surface area contributed by atoms with E-state index in [-0.39, 0.29) is 6.61 Å². The molecule has 1 unspecified atom stereocenters.